The highest BCUT2D eigenvalue weighted by molar-refractivity contribution is 7.89. The molecule has 0 radical (unpaired) electrons. The monoisotopic (exact) mass is 341 g/mol. The van der Waals surface area contributed by atoms with E-state index in [4.69, 9.17) is 4.74 Å². The molecule has 0 aliphatic rings. The van der Waals surface area contributed by atoms with Crippen molar-refractivity contribution in [2.24, 2.45) is 0 Å². The van der Waals surface area contributed by atoms with Gasteiger partial charge in [0.25, 0.3) is 0 Å². The summed E-state index contributed by atoms with van der Waals surface area (Å²) in [5.41, 5.74) is 0.909. The summed E-state index contributed by atoms with van der Waals surface area (Å²) in [5, 5.41) is 2.21. The Morgan fingerprint density at radius 1 is 0.917 bits per heavy atom. The van der Waals surface area contributed by atoms with Gasteiger partial charge in [0, 0.05) is 6.04 Å². The fourth-order valence-electron chi connectivity index (χ4n) is 2.68. The van der Waals surface area contributed by atoms with Crippen LogP contribution in [0.5, 0.6) is 5.75 Å². The summed E-state index contributed by atoms with van der Waals surface area (Å²) in [5.74, 6) is 0.329. The van der Waals surface area contributed by atoms with Crippen molar-refractivity contribution in [3.8, 4) is 5.75 Å². The zero-order valence-corrected chi connectivity index (χ0v) is 14.4. The molecule has 0 heterocycles. The molecule has 0 fully saturated rings. The zero-order chi connectivity index (χ0) is 17.2. The number of ether oxygens (including phenoxy) is 1. The van der Waals surface area contributed by atoms with Crippen LogP contribution in [0.1, 0.15) is 18.5 Å². The lowest BCUT2D eigenvalue weighted by Crippen LogP contribution is -2.27. The van der Waals surface area contributed by atoms with Gasteiger partial charge < -0.3 is 4.74 Å². The number of fused-ring (bicyclic) bond motifs is 1. The first-order chi connectivity index (χ1) is 11.5. The number of para-hydroxylation sites is 1. The molecule has 0 spiro atoms. The molecule has 1 N–H and O–H groups in total. The van der Waals surface area contributed by atoms with Gasteiger partial charge in [0.1, 0.15) is 10.6 Å². The summed E-state index contributed by atoms with van der Waals surface area (Å²) in [6, 6.07) is 20.2. The minimum Gasteiger partial charge on any atom is -0.495 e. The van der Waals surface area contributed by atoms with E-state index in [9.17, 15) is 8.42 Å². The highest BCUT2D eigenvalue weighted by Gasteiger charge is 2.22. The lowest BCUT2D eigenvalue weighted by Gasteiger charge is -2.16. The molecular weight excluding hydrogens is 322 g/mol. The number of methoxy groups -OCH3 is 1. The van der Waals surface area contributed by atoms with Gasteiger partial charge in [-0.3, -0.25) is 0 Å². The number of rotatable bonds is 5. The van der Waals surface area contributed by atoms with Gasteiger partial charge >= 0.3 is 0 Å². The normalized spacial score (nSPS) is 12.9. The highest BCUT2D eigenvalue weighted by Crippen LogP contribution is 2.26. The average molecular weight is 341 g/mol. The molecule has 0 amide bonds. The molecule has 3 aromatic carbocycles. The first-order valence-corrected chi connectivity index (χ1v) is 9.13. The minimum atomic E-state index is -3.68. The van der Waals surface area contributed by atoms with Crippen LogP contribution in [0.4, 0.5) is 0 Å². The minimum absolute atomic E-state index is 0.139. The molecule has 124 valence electrons. The maximum atomic E-state index is 12.7. The van der Waals surface area contributed by atoms with Crippen LogP contribution in [0.15, 0.2) is 71.6 Å². The van der Waals surface area contributed by atoms with Crippen LogP contribution >= 0.6 is 0 Å². The van der Waals surface area contributed by atoms with Crippen molar-refractivity contribution in [2.45, 2.75) is 17.9 Å². The number of hydrogen-bond donors (Lipinski definition) is 1. The first-order valence-electron chi connectivity index (χ1n) is 7.65. The second kappa shape index (κ2) is 6.63. The molecule has 1 atom stereocenters. The van der Waals surface area contributed by atoms with E-state index in [1.54, 1.807) is 18.2 Å². The third kappa shape index (κ3) is 3.27. The van der Waals surface area contributed by atoms with Crippen LogP contribution in [-0.4, -0.2) is 15.5 Å². The van der Waals surface area contributed by atoms with Crippen LogP contribution in [-0.2, 0) is 10.0 Å². The zero-order valence-electron chi connectivity index (χ0n) is 13.6. The predicted octanol–water partition coefficient (Wildman–Crippen LogP) is 3.89. The lowest BCUT2D eigenvalue weighted by molar-refractivity contribution is 0.402. The molecule has 4 nitrogen and oxygen atoms in total. The van der Waals surface area contributed by atoms with E-state index in [1.807, 2.05) is 49.4 Å². The molecule has 0 unspecified atom stereocenters. The van der Waals surface area contributed by atoms with Gasteiger partial charge in [0.2, 0.25) is 10.0 Å². The molecule has 0 saturated heterocycles. The lowest BCUT2D eigenvalue weighted by atomic mass is 10.0. The maximum absolute atomic E-state index is 12.7. The Balaban J connectivity index is 1.91. The molecule has 0 aromatic heterocycles. The SMILES string of the molecule is COc1ccccc1S(=O)(=O)N[C@@H](C)c1ccc2ccccc2c1. The van der Waals surface area contributed by atoms with E-state index in [2.05, 4.69) is 4.72 Å². The van der Waals surface area contributed by atoms with Crippen LogP contribution in [0.3, 0.4) is 0 Å². The Hall–Kier alpha value is -2.37. The van der Waals surface area contributed by atoms with Gasteiger partial charge in [0.15, 0.2) is 0 Å². The average Bonchev–Trinajstić information content (AvgIpc) is 2.60. The topological polar surface area (TPSA) is 55.4 Å². The molecule has 5 heteroatoms. The first kappa shape index (κ1) is 16.5. The second-order valence-electron chi connectivity index (χ2n) is 5.60. The molecule has 0 aliphatic heterocycles. The van der Waals surface area contributed by atoms with Crippen LogP contribution < -0.4 is 9.46 Å². The summed E-state index contributed by atoms with van der Waals surface area (Å²) in [7, 11) is -2.22. The van der Waals surface area contributed by atoms with Crippen LogP contribution in [0.2, 0.25) is 0 Å². The largest absolute Gasteiger partial charge is 0.495 e. The standard InChI is InChI=1S/C19H19NO3S/c1-14(16-12-11-15-7-3-4-8-17(15)13-16)20-24(21,22)19-10-6-5-9-18(19)23-2/h3-14,20H,1-2H3/t14-/m0/s1. The second-order valence-corrected chi connectivity index (χ2v) is 7.28. The van der Waals surface area contributed by atoms with E-state index in [1.165, 1.54) is 13.2 Å². The van der Waals surface area contributed by atoms with Crippen LogP contribution in [0, 0.1) is 0 Å². The Labute approximate surface area is 142 Å². The fourth-order valence-corrected chi connectivity index (χ4v) is 4.08. The Morgan fingerprint density at radius 3 is 2.33 bits per heavy atom. The summed E-state index contributed by atoms with van der Waals surface area (Å²) in [6.07, 6.45) is 0. The number of sulfonamides is 1. The molecule has 0 bridgehead atoms. The van der Waals surface area contributed by atoms with Crippen molar-refractivity contribution in [1.82, 2.24) is 4.72 Å². The van der Waals surface area contributed by atoms with Gasteiger partial charge in [-0.25, -0.2) is 13.1 Å². The molecule has 0 saturated carbocycles. The summed E-state index contributed by atoms with van der Waals surface area (Å²) >= 11 is 0. The van der Waals surface area contributed by atoms with Crippen molar-refractivity contribution in [3.05, 3.63) is 72.3 Å². The highest BCUT2D eigenvalue weighted by atomic mass is 32.2. The van der Waals surface area contributed by atoms with E-state index in [0.717, 1.165) is 16.3 Å². The third-order valence-electron chi connectivity index (χ3n) is 3.96. The smallest absolute Gasteiger partial charge is 0.244 e. The van der Waals surface area contributed by atoms with Crippen molar-refractivity contribution in [1.29, 1.82) is 0 Å². The van der Waals surface area contributed by atoms with E-state index >= 15 is 0 Å². The van der Waals surface area contributed by atoms with Crippen molar-refractivity contribution >= 4 is 20.8 Å². The van der Waals surface area contributed by atoms with Crippen LogP contribution in [0.25, 0.3) is 10.8 Å². The summed E-state index contributed by atoms with van der Waals surface area (Å²) in [6.45, 7) is 1.83. The van der Waals surface area contributed by atoms with Gasteiger partial charge in [-0.1, -0.05) is 48.5 Å². The van der Waals surface area contributed by atoms with E-state index in [-0.39, 0.29) is 10.9 Å². The fraction of sp³-hybridized carbons (Fsp3) is 0.158. The van der Waals surface area contributed by atoms with Gasteiger partial charge in [-0.05, 0) is 41.5 Å². The quantitative estimate of drug-likeness (QED) is 0.766. The number of hydrogen-bond acceptors (Lipinski definition) is 3. The van der Waals surface area contributed by atoms with Crippen molar-refractivity contribution in [3.63, 3.8) is 0 Å². The van der Waals surface area contributed by atoms with Gasteiger partial charge in [0.05, 0.1) is 7.11 Å². The van der Waals surface area contributed by atoms with Gasteiger partial charge in [-0.2, -0.15) is 0 Å². The Morgan fingerprint density at radius 2 is 1.58 bits per heavy atom. The summed E-state index contributed by atoms with van der Waals surface area (Å²) in [4.78, 5) is 0.139. The Kier molecular flexibility index (Phi) is 4.55. The van der Waals surface area contributed by atoms with Crippen molar-refractivity contribution < 1.29 is 13.2 Å². The van der Waals surface area contributed by atoms with Crippen molar-refractivity contribution in [2.75, 3.05) is 7.11 Å². The summed E-state index contributed by atoms with van der Waals surface area (Å²) < 4.78 is 33.2. The van der Waals surface area contributed by atoms with E-state index < -0.39 is 10.0 Å². The molecular formula is C19H19NO3S. The molecule has 0 aliphatic carbocycles. The maximum Gasteiger partial charge on any atom is 0.244 e. The van der Waals surface area contributed by atoms with E-state index in [0.29, 0.717) is 5.75 Å². The number of nitrogens with one attached hydrogen (secondary N) is 1. The third-order valence-corrected chi connectivity index (χ3v) is 5.54. The molecule has 24 heavy (non-hydrogen) atoms. The van der Waals surface area contributed by atoms with Gasteiger partial charge in [-0.15, -0.1) is 0 Å². The number of benzene rings is 3. The molecule has 3 aromatic rings. The predicted molar refractivity (Wildman–Crippen MR) is 95.7 cm³/mol. The molecule has 3 rings (SSSR count). The Bertz CT molecular complexity index is 967.